The first-order valence-corrected chi connectivity index (χ1v) is 4.58. The molecule has 4 heteroatoms. The Hall–Kier alpha value is -2.10. The number of benzene rings is 1. The summed E-state index contributed by atoms with van der Waals surface area (Å²) < 4.78 is 0. The number of carbonyl (C=O) groups is 2. The minimum absolute atomic E-state index is 0.323. The lowest BCUT2D eigenvalue weighted by Gasteiger charge is -2.01. The fourth-order valence-corrected chi connectivity index (χ4v) is 1.66. The van der Waals surface area contributed by atoms with Gasteiger partial charge in [-0.3, -0.25) is 14.9 Å². The number of carbonyl (C=O) groups excluding carboxylic acids is 2. The molecule has 2 rings (SSSR count). The summed E-state index contributed by atoms with van der Waals surface area (Å²) >= 11 is 0. The number of nitrogens with two attached hydrogens (primary N) is 1. The fraction of sp³-hybridized carbons (Fsp3) is 0.0909. The zero-order valence-electron chi connectivity index (χ0n) is 7.99. The van der Waals surface area contributed by atoms with Crippen LogP contribution in [0.2, 0.25) is 0 Å². The number of fused-ring (bicyclic) bond motifs is 1. The number of hydrogen-bond donors (Lipinski definition) is 2. The summed E-state index contributed by atoms with van der Waals surface area (Å²) in [6, 6.07) is 5.22. The van der Waals surface area contributed by atoms with Crippen molar-refractivity contribution in [2.24, 2.45) is 5.73 Å². The third-order valence-corrected chi connectivity index (χ3v) is 2.32. The van der Waals surface area contributed by atoms with E-state index in [2.05, 4.69) is 5.32 Å². The Morgan fingerprint density at radius 2 is 2.07 bits per heavy atom. The molecule has 1 aromatic carbocycles. The van der Waals surface area contributed by atoms with E-state index in [0.717, 1.165) is 5.56 Å². The standard InChI is InChI=1S/C11H10N2O2/c12-6-2-4-7-3-1-5-8-9(7)11(15)13-10(8)14/h1-3,5-6H,4,12H2,(H,13,14,15). The van der Waals surface area contributed by atoms with Crippen LogP contribution in [0.1, 0.15) is 26.3 Å². The zero-order valence-corrected chi connectivity index (χ0v) is 7.99. The maximum absolute atomic E-state index is 11.5. The van der Waals surface area contributed by atoms with Gasteiger partial charge in [0.05, 0.1) is 11.1 Å². The van der Waals surface area contributed by atoms with Crippen LogP contribution in [-0.2, 0) is 6.42 Å². The Labute approximate surface area is 86.8 Å². The van der Waals surface area contributed by atoms with Crippen LogP contribution in [0.3, 0.4) is 0 Å². The van der Waals surface area contributed by atoms with Gasteiger partial charge in [0.25, 0.3) is 11.8 Å². The summed E-state index contributed by atoms with van der Waals surface area (Å²) in [6.45, 7) is 0. The number of imide groups is 1. The first kappa shape index (κ1) is 9.45. The van der Waals surface area contributed by atoms with Gasteiger partial charge in [-0.2, -0.15) is 0 Å². The highest BCUT2D eigenvalue weighted by Gasteiger charge is 2.28. The van der Waals surface area contributed by atoms with Gasteiger partial charge < -0.3 is 5.73 Å². The smallest absolute Gasteiger partial charge is 0.259 e. The van der Waals surface area contributed by atoms with Gasteiger partial charge in [-0.25, -0.2) is 0 Å². The average molecular weight is 202 g/mol. The quantitative estimate of drug-likeness (QED) is 0.689. The van der Waals surface area contributed by atoms with Gasteiger partial charge >= 0.3 is 0 Å². The van der Waals surface area contributed by atoms with E-state index in [4.69, 9.17) is 5.73 Å². The van der Waals surface area contributed by atoms with Crippen LogP contribution in [0.25, 0.3) is 0 Å². The van der Waals surface area contributed by atoms with Gasteiger partial charge in [0, 0.05) is 0 Å². The molecule has 0 aromatic heterocycles. The van der Waals surface area contributed by atoms with Crippen LogP contribution in [0, 0.1) is 0 Å². The van der Waals surface area contributed by atoms with Crippen molar-refractivity contribution >= 4 is 11.8 Å². The Bertz CT molecular complexity index is 464. The van der Waals surface area contributed by atoms with Gasteiger partial charge in [0.15, 0.2) is 0 Å². The number of allylic oxidation sites excluding steroid dienone is 1. The van der Waals surface area contributed by atoms with E-state index in [-0.39, 0.29) is 11.8 Å². The highest BCUT2D eigenvalue weighted by Crippen LogP contribution is 2.20. The number of amides is 2. The van der Waals surface area contributed by atoms with Crippen LogP contribution in [0.5, 0.6) is 0 Å². The molecule has 1 heterocycles. The second kappa shape index (κ2) is 3.57. The molecule has 0 fully saturated rings. The highest BCUT2D eigenvalue weighted by molar-refractivity contribution is 6.22. The number of nitrogens with one attached hydrogen (secondary N) is 1. The Balaban J connectivity index is 2.50. The third kappa shape index (κ3) is 1.50. The minimum Gasteiger partial charge on any atom is -0.405 e. The molecular formula is C11H10N2O2. The molecule has 0 unspecified atom stereocenters. The van der Waals surface area contributed by atoms with E-state index in [1.807, 2.05) is 6.07 Å². The second-order valence-electron chi connectivity index (χ2n) is 3.26. The van der Waals surface area contributed by atoms with Gasteiger partial charge in [-0.15, -0.1) is 0 Å². The molecule has 1 aliphatic heterocycles. The lowest BCUT2D eigenvalue weighted by Crippen LogP contribution is -2.20. The van der Waals surface area contributed by atoms with Crippen molar-refractivity contribution in [2.45, 2.75) is 6.42 Å². The molecule has 3 N–H and O–H groups in total. The largest absolute Gasteiger partial charge is 0.405 e. The molecular weight excluding hydrogens is 192 g/mol. The molecule has 2 amide bonds. The van der Waals surface area contributed by atoms with Gasteiger partial charge in [-0.05, 0) is 24.3 Å². The second-order valence-corrected chi connectivity index (χ2v) is 3.26. The Kier molecular flexibility index (Phi) is 2.25. The normalized spacial score (nSPS) is 14.4. The number of hydrogen-bond acceptors (Lipinski definition) is 3. The van der Waals surface area contributed by atoms with Crippen molar-refractivity contribution in [2.75, 3.05) is 0 Å². The van der Waals surface area contributed by atoms with Crippen molar-refractivity contribution in [3.63, 3.8) is 0 Å². The van der Waals surface area contributed by atoms with Crippen molar-refractivity contribution in [3.05, 3.63) is 47.2 Å². The Morgan fingerprint density at radius 1 is 1.27 bits per heavy atom. The molecule has 76 valence electrons. The van der Waals surface area contributed by atoms with E-state index in [9.17, 15) is 9.59 Å². The topological polar surface area (TPSA) is 72.2 Å². The van der Waals surface area contributed by atoms with E-state index >= 15 is 0 Å². The average Bonchev–Trinajstić information content (AvgIpc) is 2.53. The predicted octanol–water partition coefficient (Wildman–Crippen LogP) is 0.585. The summed E-state index contributed by atoms with van der Waals surface area (Å²) in [4.78, 5) is 22.8. The summed E-state index contributed by atoms with van der Waals surface area (Å²) in [6.07, 6.45) is 3.72. The van der Waals surface area contributed by atoms with E-state index < -0.39 is 0 Å². The molecule has 0 saturated heterocycles. The first-order valence-electron chi connectivity index (χ1n) is 4.58. The lowest BCUT2D eigenvalue weighted by molar-refractivity contribution is 0.0879. The maximum Gasteiger partial charge on any atom is 0.259 e. The highest BCUT2D eigenvalue weighted by atomic mass is 16.2. The molecule has 4 nitrogen and oxygen atoms in total. The molecule has 15 heavy (non-hydrogen) atoms. The molecule has 1 aliphatic rings. The molecule has 1 aromatic rings. The molecule has 0 atom stereocenters. The van der Waals surface area contributed by atoms with Crippen LogP contribution in [-0.4, -0.2) is 11.8 Å². The van der Waals surface area contributed by atoms with Gasteiger partial charge in [-0.1, -0.05) is 18.2 Å². The maximum atomic E-state index is 11.5. The monoisotopic (exact) mass is 202 g/mol. The lowest BCUT2D eigenvalue weighted by atomic mass is 10.0. The van der Waals surface area contributed by atoms with Crippen molar-refractivity contribution in [1.29, 1.82) is 0 Å². The van der Waals surface area contributed by atoms with Gasteiger partial charge in [0.2, 0.25) is 0 Å². The fourth-order valence-electron chi connectivity index (χ4n) is 1.66. The van der Waals surface area contributed by atoms with Crippen molar-refractivity contribution in [1.82, 2.24) is 5.32 Å². The molecule has 0 radical (unpaired) electrons. The van der Waals surface area contributed by atoms with Crippen LogP contribution in [0.15, 0.2) is 30.5 Å². The minimum atomic E-state index is -0.325. The van der Waals surface area contributed by atoms with Crippen molar-refractivity contribution in [3.8, 4) is 0 Å². The van der Waals surface area contributed by atoms with E-state index in [1.54, 1.807) is 18.2 Å². The summed E-state index contributed by atoms with van der Waals surface area (Å²) in [7, 11) is 0. The van der Waals surface area contributed by atoms with Gasteiger partial charge in [0.1, 0.15) is 0 Å². The summed E-state index contributed by atoms with van der Waals surface area (Å²) in [5, 5.41) is 2.27. The van der Waals surface area contributed by atoms with Crippen LogP contribution >= 0.6 is 0 Å². The molecule has 0 aliphatic carbocycles. The number of rotatable bonds is 2. The summed E-state index contributed by atoms with van der Waals surface area (Å²) in [5.74, 6) is -0.649. The first-order chi connectivity index (χ1) is 7.24. The molecule has 0 spiro atoms. The van der Waals surface area contributed by atoms with Crippen LogP contribution < -0.4 is 11.1 Å². The SMILES string of the molecule is NC=CCc1cccc2c1C(=O)NC2=O. The van der Waals surface area contributed by atoms with E-state index in [1.165, 1.54) is 6.20 Å². The predicted molar refractivity (Wildman–Crippen MR) is 55.3 cm³/mol. The van der Waals surface area contributed by atoms with Crippen molar-refractivity contribution < 1.29 is 9.59 Å². The summed E-state index contributed by atoms with van der Waals surface area (Å²) in [5.41, 5.74) is 6.97. The zero-order chi connectivity index (χ0) is 10.8. The van der Waals surface area contributed by atoms with E-state index in [0.29, 0.717) is 17.5 Å². The molecule has 0 bridgehead atoms. The molecule has 0 saturated carbocycles. The Morgan fingerprint density at radius 3 is 2.80 bits per heavy atom. The third-order valence-electron chi connectivity index (χ3n) is 2.32. The van der Waals surface area contributed by atoms with Crippen LogP contribution in [0.4, 0.5) is 0 Å².